The van der Waals surface area contributed by atoms with Crippen LogP contribution in [0.3, 0.4) is 0 Å². The maximum absolute atomic E-state index is 12.8. The highest BCUT2D eigenvalue weighted by molar-refractivity contribution is 7.92. The van der Waals surface area contributed by atoms with Crippen molar-refractivity contribution in [2.24, 2.45) is 5.41 Å². The summed E-state index contributed by atoms with van der Waals surface area (Å²) in [7, 11) is -5.59. The number of hydrogen-bond donors (Lipinski definition) is 1. The summed E-state index contributed by atoms with van der Waals surface area (Å²) in [6.07, 6.45) is -1.24. The molecule has 0 fully saturated rings. The smallest absolute Gasteiger partial charge is 0.478 e. The Bertz CT molecular complexity index is 1210. The number of halogens is 5. The Morgan fingerprint density at radius 1 is 1.03 bits per heavy atom. The third-order valence-corrected chi connectivity index (χ3v) is 6.13. The van der Waals surface area contributed by atoms with Crippen molar-refractivity contribution in [1.29, 1.82) is 0 Å². The standard InChI is InChI=1S/C21H17Cl2F3O5S/c1-20(2,3)18(19(27)28)31-17-9-6-14(22)10-13(17)5-4-12-11-15(7-8-16(12)23)32(29,30)21(24,25)26/h6-11,18H,1-3H3,(H,27,28). The lowest BCUT2D eigenvalue weighted by Crippen LogP contribution is -2.39. The second-order valence-electron chi connectivity index (χ2n) is 7.68. The number of alkyl halides is 3. The predicted molar refractivity (Wildman–Crippen MR) is 114 cm³/mol. The van der Waals surface area contributed by atoms with E-state index < -0.39 is 37.7 Å². The molecule has 1 N–H and O–H groups in total. The van der Waals surface area contributed by atoms with Crippen LogP contribution in [0.5, 0.6) is 5.75 Å². The van der Waals surface area contributed by atoms with Gasteiger partial charge in [0.05, 0.1) is 15.5 Å². The largest absolute Gasteiger partial charge is 0.501 e. The first-order valence-electron chi connectivity index (χ1n) is 8.86. The fourth-order valence-electron chi connectivity index (χ4n) is 2.46. The summed E-state index contributed by atoms with van der Waals surface area (Å²) in [6, 6.07) is 6.64. The molecule has 2 aromatic rings. The van der Waals surface area contributed by atoms with Gasteiger partial charge in [-0.1, -0.05) is 55.8 Å². The van der Waals surface area contributed by atoms with E-state index in [0.29, 0.717) is 6.07 Å². The van der Waals surface area contributed by atoms with Crippen LogP contribution in [0.1, 0.15) is 31.9 Å². The van der Waals surface area contributed by atoms with E-state index in [1.54, 1.807) is 20.8 Å². The molecule has 2 rings (SSSR count). The lowest BCUT2D eigenvalue weighted by Gasteiger charge is -2.28. The Morgan fingerprint density at radius 3 is 2.16 bits per heavy atom. The van der Waals surface area contributed by atoms with Gasteiger partial charge in [-0.15, -0.1) is 0 Å². The minimum absolute atomic E-state index is 0.0689. The first kappa shape index (κ1) is 25.8. The first-order valence-corrected chi connectivity index (χ1v) is 11.1. The van der Waals surface area contributed by atoms with E-state index in [2.05, 4.69) is 11.8 Å². The topological polar surface area (TPSA) is 80.7 Å². The molecule has 0 saturated heterocycles. The zero-order valence-corrected chi connectivity index (χ0v) is 19.2. The summed E-state index contributed by atoms with van der Waals surface area (Å²) in [4.78, 5) is 10.6. The van der Waals surface area contributed by atoms with E-state index in [0.717, 1.165) is 12.1 Å². The van der Waals surface area contributed by atoms with Crippen molar-refractivity contribution < 1.29 is 36.2 Å². The summed E-state index contributed by atoms with van der Waals surface area (Å²) in [5.41, 5.74) is -6.32. The molecule has 0 aromatic heterocycles. The molecule has 11 heteroatoms. The highest BCUT2D eigenvalue weighted by Crippen LogP contribution is 2.32. The fourth-order valence-corrected chi connectivity index (χ4v) is 3.59. The molecule has 0 aliphatic carbocycles. The molecule has 0 amide bonds. The summed E-state index contributed by atoms with van der Waals surface area (Å²) < 4.78 is 67.5. The molecule has 0 saturated carbocycles. The van der Waals surface area contributed by atoms with E-state index in [9.17, 15) is 31.5 Å². The molecule has 2 aromatic carbocycles. The van der Waals surface area contributed by atoms with Gasteiger partial charge in [0.1, 0.15) is 5.75 Å². The summed E-state index contributed by atoms with van der Waals surface area (Å²) in [5.74, 6) is 3.97. The quantitative estimate of drug-likeness (QED) is 0.546. The number of carboxylic acid groups (broad SMARTS) is 1. The van der Waals surface area contributed by atoms with Crippen LogP contribution in [0.4, 0.5) is 13.2 Å². The highest BCUT2D eigenvalue weighted by Gasteiger charge is 2.47. The zero-order valence-electron chi connectivity index (χ0n) is 16.9. The number of ether oxygens (including phenoxy) is 1. The van der Waals surface area contributed by atoms with Gasteiger partial charge in [-0.3, -0.25) is 0 Å². The normalized spacial score (nSPS) is 13.1. The molecule has 172 valence electrons. The molecule has 0 aliphatic rings. The predicted octanol–water partition coefficient (Wildman–Crippen LogP) is 5.56. The molecule has 1 unspecified atom stereocenters. The Kier molecular flexibility index (Phi) is 7.45. The van der Waals surface area contributed by atoms with Gasteiger partial charge in [0.15, 0.2) is 6.10 Å². The van der Waals surface area contributed by atoms with Crippen molar-refractivity contribution in [1.82, 2.24) is 0 Å². The maximum atomic E-state index is 12.8. The first-order chi connectivity index (χ1) is 14.5. The molecule has 0 bridgehead atoms. The lowest BCUT2D eigenvalue weighted by atomic mass is 9.89. The van der Waals surface area contributed by atoms with E-state index >= 15 is 0 Å². The van der Waals surface area contributed by atoms with E-state index in [4.69, 9.17) is 27.9 Å². The van der Waals surface area contributed by atoms with Gasteiger partial charge in [-0.25, -0.2) is 13.2 Å². The molecule has 0 radical (unpaired) electrons. The van der Waals surface area contributed by atoms with Crippen LogP contribution in [0.15, 0.2) is 41.3 Å². The van der Waals surface area contributed by atoms with E-state index in [1.165, 1.54) is 18.2 Å². The Labute approximate surface area is 193 Å². The van der Waals surface area contributed by atoms with Crippen molar-refractivity contribution >= 4 is 39.0 Å². The van der Waals surface area contributed by atoms with Crippen LogP contribution in [-0.4, -0.2) is 31.1 Å². The van der Waals surface area contributed by atoms with Crippen LogP contribution >= 0.6 is 23.2 Å². The van der Waals surface area contributed by atoms with Crippen molar-refractivity contribution in [3.63, 3.8) is 0 Å². The molecule has 0 aliphatic heterocycles. The maximum Gasteiger partial charge on any atom is 0.501 e. The number of aliphatic carboxylic acids is 1. The molecule has 5 nitrogen and oxygen atoms in total. The van der Waals surface area contributed by atoms with Gasteiger partial charge in [-0.2, -0.15) is 13.2 Å². The van der Waals surface area contributed by atoms with Crippen molar-refractivity contribution in [3.8, 4) is 17.6 Å². The third kappa shape index (κ3) is 5.88. The highest BCUT2D eigenvalue weighted by atomic mass is 35.5. The van der Waals surface area contributed by atoms with Gasteiger partial charge < -0.3 is 9.84 Å². The minimum Gasteiger partial charge on any atom is -0.478 e. The Balaban J connectivity index is 2.55. The average Bonchev–Trinajstić information content (AvgIpc) is 2.64. The van der Waals surface area contributed by atoms with Gasteiger partial charge >= 0.3 is 11.5 Å². The molecular weight excluding hydrogens is 492 g/mol. The lowest BCUT2D eigenvalue weighted by molar-refractivity contribution is -0.150. The fraction of sp³-hybridized carbons (Fsp3) is 0.286. The summed E-state index contributed by atoms with van der Waals surface area (Å²) in [6.45, 7) is 5.00. The van der Waals surface area contributed by atoms with Gasteiger partial charge in [0.25, 0.3) is 9.84 Å². The number of rotatable bonds is 4. The van der Waals surface area contributed by atoms with Crippen LogP contribution in [-0.2, 0) is 14.6 Å². The molecule has 32 heavy (non-hydrogen) atoms. The SMILES string of the molecule is CC(C)(C)C(Oc1ccc(Cl)cc1C#Cc1cc(S(=O)(=O)C(F)(F)F)ccc1Cl)C(=O)O. The monoisotopic (exact) mass is 508 g/mol. The Morgan fingerprint density at radius 2 is 1.62 bits per heavy atom. The van der Waals surface area contributed by atoms with Crippen LogP contribution in [0, 0.1) is 17.3 Å². The van der Waals surface area contributed by atoms with E-state index in [1.807, 2.05) is 0 Å². The number of carbonyl (C=O) groups is 1. The van der Waals surface area contributed by atoms with Crippen molar-refractivity contribution in [2.75, 3.05) is 0 Å². The third-order valence-electron chi connectivity index (χ3n) is 4.08. The number of hydrogen-bond acceptors (Lipinski definition) is 4. The molecular formula is C21H17Cl2F3O5S. The molecule has 1 atom stereocenters. The number of sulfone groups is 1. The Hall–Kier alpha value is -2.41. The minimum atomic E-state index is -5.59. The second-order valence-corrected chi connectivity index (χ2v) is 10.5. The molecule has 0 spiro atoms. The second kappa shape index (κ2) is 9.22. The van der Waals surface area contributed by atoms with E-state index in [-0.39, 0.29) is 26.9 Å². The van der Waals surface area contributed by atoms with Gasteiger partial charge in [0, 0.05) is 16.0 Å². The van der Waals surface area contributed by atoms with Crippen LogP contribution in [0.25, 0.3) is 0 Å². The summed E-state index contributed by atoms with van der Waals surface area (Å²) >= 11 is 12.0. The average molecular weight is 509 g/mol. The van der Waals surface area contributed by atoms with Crippen molar-refractivity contribution in [2.45, 2.75) is 37.3 Å². The summed E-state index contributed by atoms with van der Waals surface area (Å²) in [5, 5.41) is 9.64. The molecule has 0 heterocycles. The van der Waals surface area contributed by atoms with Gasteiger partial charge in [0.2, 0.25) is 0 Å². The number of benzene rings is 2. The number of carboxylic acids is 1. The van der Waals surface area contributed by atoms with Crippen molar-refractivity contribution in [3.05, 3.63) is 57.6 Å². The van der Waals surface area contributed by atoms with Gasteiger partial charge in [-0.05, 0) is 36.4 Å². The van der Waals surface area contributed by atoms with Crippen LogP contribution < -0.4 is 4.74 Å². The zero-order chi connectivity index (χ0) is 24.5. The van der Waals surface area contributed by atoms with Crippen LogP contribution in [0.2, 0.25) is 10.0 Å².